The van der Waals surface area contributed by atoms with Crippen molar-refractivity contribution in [2.75, 3.05) is 0 Å². The van der Waals surface area contributed by atoms with Crippen LogP contribution in [0.25, 0.3) is 0 Å². The molecule has 0 aliphatic carbocycles. The van der Waals surface area contributed by atoms with Crippen LogP contribution in [0.5, 0.6) is 0 Å². The molecule has 0 saturated heterocycles. The molecule has 1 aliphatic heterocycles. The quantitative estimate of drug-likeness (QED) is 0.864. The summed E-state index contributed by atoms with van der Waals surface area (Å²) in [5.74, 6) is 0.684. The third-order valence-corrected chi connectivity index (χ3v) is 4.64. The largest absolute Gasteiger partial charge is 0.467 e. The number of thioether (sulfide) groups is 1. The number of nitriles is 1. The van der Waals surface area contributed by atoms with E-state index in [2.05, 4.69) is 32.0 Å². The third-order valence-electron chi connectivity index (χ3n) is 3.25. The van der Waals surface area contributed by atoms with Crippen LogP contribution in [0, 0.1) is 22.7 Å². The first-order valence-electron chi connectivity index (χ1n) is 6.12. The lowest BCUT2D eigenvalue weighted by Gasteiger charge is -2.24. The summed E-state index contributed by atoms with van der Waals surface area (Å²) in [6.07, 6.45) is 2.37. The monoisotopic (exact) mass is 350 g/mol. The van der Waals surface area contributed by atoms with E-state index in [0.717, 1.165) is 27.4 Å². The first-order chi connectivity index (χ1) is 9.63. The average Bonchev–Trinajstić information content (AvgIpc) is 3.02. The predicted octanol–water partition coefficient (Wildman–Crippen LogP) is 3.68. The Bertz CT molecular complexity index is 714. The van der Waals surface area contributed by atoms with Gasteiger partial charge in [0, 0.05) is 6.42 Å². The number of imidazole rings is 1. The molecule has 0 radical (unpaired) electrons. The van der Waals surface area contributed by atoms with Crippen molar-refractivity contribution < 1.29 is 4.42 Å². The molecule has 2 atom stereocenters. The molecular weight excluding hydrogens is 340 g/mol. The second-order valence-corrected chi connectivity index (χ2v) is 6.42. The number of rotatable bonds is 2. The van der Waals surface area contributed by atoms with Gasteiger partial charge >= 0.3 is 0 Å². The predicted molar refractivity (Wildman–Crippen MR) is 78.9 cm³/mol. The fourth-order valence-electron chi connectivity index (χ4n) is 2.29. The van der Waals surface area contributed by atoms with Crippen molar-refractivity contribution in [1.82, 2.24) is 9.97 Å². The van der Waals surface area contributed by atoms with Gasteiger partial charge in [-0.1, -0.05) is 18.7 Å². The zero-order valence-electron chi connectivity index (χ0n) is 10.6. The summed E-state index contributed by atoms with van der Waals surface area (Å²) in [5.41, 5.74) is 0.872. The van der Waals surface area contributed by atoms with Crippen LogP contribution in [-0.2, 0) is 6.42 Å². The molecule has 0 unspecified atom stereocenters. The van der Waals surface area contributed by atoms with Crippen LogP contribution in [0.3, 0.4) is 0 Å². The second kappa shape index (κ2) is 5.11. The van der Waals surface area contributed by atoms with Crippen molar-refractivity contribution >= 4 is 32.7 Å². The Balaban J connectivity index is 2.15. The minimum absolute atomic E-state index is 0.303. The Labute approximate surface area is 128 Å². The highest BCUT2D eigenvalue weighted by molar-refractivity contribution is 9.10. The van der Waals surface area contributed by atoms with E-state index in [1.807, 2.05) is 13.0 Å². The molecule has 3 rings (SSSR count). The number of hydrogen-bond donors (Lipinski definition) is 2. The van der Waals surface area contributed by atoms with Crippen LogP contribution in [0.1, 0.15) is 30.1 Å². The van der Waals surface area contributed by atoms with Crippen LogP contribution < -0.4 is 0 Å². The van der Waals surface area contributed by atoms with Crippen molar-refractivity contribution in [3.05, 3.63) is 34.1 Å². The van der Waals surface area contributed by atoms with Crippen molar-refractivity contribution in [2.24, 2.45) is 5.92 Å². The van der Waals surface area contributed by atoms with E-state index in [1.165, 1.54) is 11.8 Å². The minimum Gasteiger partial charge on any atom is -0.467 e. The molecule has 1 aliphatic rings. The van der Waals surface area contributed by atoms with Gasteiger partial charge in [-0.3, -0.25) is 5.41 Å². The number of aromatic amines is 1. The number of aryl methyl sites for hydroxylation is 1. The van der Waals surface area contributed by atoms with Gasteiger partial charge in [-0.15, -0.1) is 0 Å². The smallest absolute Gasteiger partial charge is 0.124 e. The summed E-state index contributed by atoms with van der Waals surface area (Å²) >= 11 is 4.60. The number of aromatic nitrogens is 2. The summed E-state index contributed by atoms with van der Waals surface area (Å²) in [6, 6.07) is 4.05. The number of hydrogen-bond acceptors (Lipinski definition) is 5. The highest BCUT2D eigenvalue weighted by atomic mass is 79.9. The molecule has 20 heavy (non-hydrogen) atoms. The standard InChI is InChI=1S/C13H11BrN4OS/c1-2-9-17-11-10(8-3-6(14)5-19-8)7(4-15)12(16)20-13(11)18-9/h3,5,7,10,16H,2H2,1H3,(H,17,18)/t7-,10+/m1/s1. The maximum absolute atomic E-state index is 9.40. The molecule has 2 aromatic rings. The van der Waals surface area contributed by atoms with Crippen LogP contribution in [-0.4, -0.2) is 15.0 Å². The summed E-state index contributed by atoms with van der Waals surface area (Å²) < 4.78 is 6.36. The highest BCUT2D eigenvalue weighted by Gasteiger charge is 2.39. The van der Waals surface area contributed by atoms with Gasteiger partial charge in [0.25, 0.3) is 0 Å². The van der Waals surface area contributed by atoms with Gasteiger partial charge in [-0.05, 0) is 22.0 Å². The summed E-state index contributed by atoms with van der Waals surface area (Å²) in [4.78, 5) is 7.75. The minimum atomic E-state index is -0.546. The van der Waals surface area contributed by atoms with E-state index in [9.17, 15) is 5.26 Å². The Morgan fingerprint density at radius 1 is 1.65 bits per heavy atom. The lowest BCUT2D eigenvalue weighted by Crippen LogP contribution is -2.23. The first-order valence-corrected chi connectivity index (χ1v) is 7.73. The summed E-state index contributed by atoms with van der Waals surface area (Å²) in [6.45, 7) is 2.01. The molecule has 0 amide bonds. The molecule has 0 aromatic carbocycles. The van der Waals surface area contributed by atoms with E-state index >= 15 is 0 Å². The van der Waals surface area contributed by atoms with E-state index < -0.39 is 5.92 Å². The Morgan fingerprint density at radius 2 is 2.45 bits per heavy atom. The SMILES string of the molecule is CCc1nc2c([nH]1)[C@H](c1cc(Br)co1)[C@@H](C#N)C(=N)S2. The molecule has 0 saturated carbocycles. The zero-order valence-corrected chi connectivity index (χ0v) is 13.0. The maximum Gasteiger partial charge on any atom is 0.124 e. The molecule has 3 heterocycles. The van der Waals surface area contributed by atoms with Crippen LogP contribution in [0.4, 0.5) is 0 Å². The van der Waals surface area contributed by atoms with Crippen molar-refractivity contribution in [1.29, 1.82) is 10.7 Å². The first kappa shape index (κ1) is 13.5. The van der Waals surface area contributed by atoms with Gasteiger partial charge < -0.3 is 9.40 Å². The molecule has 0 bridgehead atoms. The molecule has 102 valence electrons. The summed E-state index contributed by atoms with van der Waals surface area (Å²) in [5, 5.41) is 18.5. The lowest BCUT2D eigenvalue weighted by molar-refractivity contribution is 0.464. The van der Waals surface area contributed by atoms with Crippen molar-refractivity contribution in [3.63, 3.8) is 0 Å². The van der Waals surface area contributed by atoms with Crippen molar-refractivity contribution in [2.45, 2.75) is 24.3 Å². The van der Waals surface area contributed by atoms with E-state index in [-0.39, 0.29) is 5.92 Å². The highest BCUT2D eigenvalue weighted by Crippen LogP contribution is 2.45. The number of halogens is 1. The van der Waals surface area contributed by atoms with Gasteiger partial charge in [-0.2, -0.15) is 5.26 Å². The van der Waals surface area contributed by atoms with Gasteiger partial charge in [0.15, 0.2) is 0 Å². The van der Waals surface area contributed by atoms with Crippen LogP contribution in [0.2, 0.25) is 0 Å². The van der Waals surface area contributed by atoms with Gasteiger partial charge in [-0.25, -0.2) is 4.98 Å². The molecule has 2 N–H and O–H groups in total. The average molecular weight is 351 g/mol. The molecule has 2 aromatic heterocycles. The fraction of sp³-hybridized carbons (Fsp3) is 0.308. The second-order valence-electron chi connectivity index (χ2n) is 4.47. The van der Waals surface area contributed by atoms with E-state index in [4.69, 9.17) is 9.83 Å². The lowest BCUT2D eigenvalue weighted by atomic mass is 9.89. The third kappa shape index (κ3) is 2.09. The Hall–Kier alpha value is -1.52. The number of nitrogens with one attached hydrogen (secondary N) is 2. The fourth-order valence-corrected chi connectivity index (χ4v) is 3.58. The van der Waals surface area contributed by atoms with Crippen molar-refractivity contribution in [3.8, 4) is 6.07 Å². The number of H-pyrrole nitrogens is 1. The Kier molecular flexibility index (Phi) is 3.44. The van der Waals surface area contributed by atoms with Gasteiger partial charge in [0.05, 0.1) is 27.2 Å². The maximum atomic E-state index is 9.40. The topological polar surface area (TPSA) is 89.5 Å². The van der Waals surface area contributed by atoms with E-state index in [0.29, 0.717) is 10.8 Å². The number of fused-ring (bicyclic) bond motifs is 1. The van der Waals surface area contributed by atoms with Gasteiger partial charge in [0.2, 0.25) is 0 Å². The van der Waals surface area contributed by atoms with Crippen LogP contribution in [0.15, 0.2) is 26.2 Å². The molecular formula is C13H11BrN4OS. The molecule has 7 heteroatoms. The molecule has 5 nitrogen and oxygen atoms in total. The summed E-state index contributed by atoms with van der Waals surface area (Å²) in [7, 11) is 0. The zero-order chi connectivity index (χ0) is 14.3. The molecule has 0 fully saturated rings. The normalized spacial score (nSPS) is 21.6. The van der Waals surface area contributed by atoms with Gasteiger partial charge in [0.1, 0.15) is 28.8 Å². The van der Waals surface area contributed by atoms with E-state index in [1.54, 1.807) is 6.26 Å². The Morgan fingerprint density at radius 3 is 3.05 bits per heavy atom. The molecule has 0 spiro atoms. The number of nitrogens with zero attached hydrogens (tertiary/aromatic N) is 2. The van der Waals surface area contributed by atoms with Crippen LogP contribution >= 0.6 is 27.7 Å². The number of furan rings is 1.